The van der Waals surface area contributed by atoms with E-state index >= 15 is 0 Å². The minimum atomic E-state index is -3.45. The first-order valence-corrected chi connectivity index (χ1v) is 10.7. The van der Waals surface area contributed by atoms with Crippen LogP contribution in [-0.2, 0) is 30.0 Å². The minimum Gasteiger partial charge on any atom is -0.339 e. The summed E-state index contributed by atoms with van der Waals surface area (Å²) < 4.78 is 28.6. The SMILES string of the molecule is Cn1cnc(S(=O)(=O)N2CCC(CN3CCc4ccccc4C3)CC2)c1. The molecule has 2 aromatic rings. The lowest BCUT2D eigenvalue weighted by molar-refractivity contribution is 0.171. The van der Waals surface area contributed by atoms with Crippen LogP contribution in [0, 0.1) is 5.92 Å². The van der Waals surface area contributed by atoms with E-state index in [1.54, 1.807) is 22.1 Å². The Bertz CT molecular complexity index is 869. The van der Waals surface area contributed by atoms with Crippen molar-refractivity contribution in [3.05, 3.63) is 47.9 Å². The molecule has 0 aliphatic carbocycles. The molecule has 26 heavy (non-hydrogen) atoms. The Morgan fingerprint density at radius 1 is 1.12 bits per heavy atom. The molecule has 0 bridgehead atoms. The number of rotatable bonds is 4. The Balaban J connectivity index is 1.33. The minimum absolute atomic E-state index is 0.158. The van der Waals surface area contributed by atoms with Crippen LogP contribution in [0.15, 0.2) is 41.8 Å². The number of benzene rings is 1. The highest BCUT2D eigenvalue weighted by Crippen LogP contribution is 2.26. The first-order chi connectivity index (χ1) is 12.5. The van der Waals surface area contributed by atoms with E-state index in [9.17, 15) is 8.42 Å². The highest BCUT2D eigenvalue weighted by Gasteiger charge is 2.31. The second-order valence-corrected chi connectivity index (χ2v) is 9.36. The number of fused-ring (bicyclic) bond motifs is 1. The molecule has 7 heteroatoms. The quantitative estimate of drug-likeness (QED) is 0.820. The zero-order chi connectivity index (χ0) is 18.1. The average Bonchev–Trinajstić information content (AvgIpc) is 3.09. The molecule has 0 radical (unpaired) electrons. The Morgan fingerprint density at radius 2 is 1.85 bits per heavy atom. The first-order valence-electron chi connectivity index (χ1n) is 9.29. The molecule has 3 heterocycles. The molecule has 2 aliphatic rings. The van der Waals surface area contributed by atoms with Gasteiger partial charge in [0.25, 0.3) is 10.0 Å². The van der Waals surface area contributed by atoms with Gasteiger partial charge in [-0.1, -0.05) is 24.3 Å². The number of nitrogens with zero attached hydrogens (tertiary/aromatic N) is 4. The summed E-state index contributed by atoms with van der Waals surface area (Å²) >= 11 is 0. The van der Waals surface area contributed by atoms with Gasteiger partial charge in [0.15, 0.2) is 5.03 Å². The van der Waals surface area contributed by atoms with Crippen LogP contribution in [0.3, 0.4) is 0 Å². The topological polar surface area (TPSA) is 58.4 Å². The van der Waals surface area contributed by atoms with E-state index < -0.39 is 10.0 Å². The maximum atomic E-state index is 12.7. The van der Waals surface area contributed by atoms with Crippen molar-refractivity contribution in [1.29, 1.82) is 0 Å². The Hall–Kier alpha value is -1.70. The van der Waals surface area contributed by atoms with Crippen molar-refractivity contribution >= 4 is 10.0 Å². The van der Waals surface area contributed by atoms with Crippen LogP contribution in [0.4, 0.5) is 0 Å². The maximum absolute atomic E-state index is 12.7. The Kier molecular flexibility index (Phi) is 4.86. The number of imidazole rings is 1. The fourth-order valence-electron chi connectivity index (χ4n) is 4.06. The molecular weight excluding hydrogens is 348 g/mol. The van der Waals surface area contributed by atoms with Crippen LogP contribution >= 0.6 is 0 Å². The van der Waals surface area contributed by atoms with E-state index in [1.165, 1.54) is 17.5 Å². The highest BCUT2D eigenvalue weighted by atomic mass is 32.2. The molecule has 1 fully saturated rings. The van der Waals surface area contributed by atoms with Crippen LogP contribution < -0.4 is 0 Å². The molecule has 1 aromatic heterocycles. The third-order valence-electron chi connectivity index (χ3n) is 5.58. The summed E-state index contributed by atoms with van der Waals surface area (Å²) in [5.41, 5.74) is 2.91. The Labute approximate surface area is 155 Å². The average molecular weight is 375 g/mol. The molecule has 0 saturated carbocycles. The van der Waals surface area contributed by atoms with Crippen molar-refractivity contribution in [2.75, 3.05) is 26.2 Å². The number of aromatic nitrogens is 2. The van der Waals surface area contributed by atoms with Gasteiger partial charge in [0.05, 0.1) is 6.33 Å². The molecule has 0 atom stereocenters. The molecule has 140 valence electrons. The molecule has 0 amide bonds. The fraction of sp³-hybridized carbons (Fsp3) is 0.526. The predicted octanol–water partition coefficient (Wildman–Crippen LogP) is 1.88. The van der Waals surface area contributed by atoms with Crippen molar-refractivity contribution in [1.82, 2.24) is 18.8 Å². The largest absolute Gasteiger partial charge is 0.339 e. The molecule has 2 aliphatic heterocycles. The predicted molar refractivity (Wildman–Crippen MR) is 100 cm³/mol. The molecular formula is C19H26N4O2S. The van der Waals surface area contributed by atoms with Crippen molar-refractivity contribution in [2.45, 2.75) is 30.8 Å². The van der Waals surface area contributed by atoms with Crippen molar-refractivity contribution in [2.24, 2.45) is 13.0 Å². The van der Waals surface area contributed by atoms with Gasteiger partial charge in [0, 0.05) is 46.0 Å². The zero-order valence-electron chi connectivity index (χ0n) is 15.2. The van der Waals surface area contributed by atoms with E-state index in [-0.39, 0.29) is 5.03 Å². The third-order valence-corrected chi connectivity index (χ3v) is 7.37. The van der Waals surface area contributed by atoms with Gasteiger partial charge in [-0.15, -0.1) is 0 Å². The standard InChI is InChI=1S/C19H26N4O2S/c1-21-14-19(20-15-21)26(24,25)23-10-6-16(7-11-23)12-22-9-8-17-4-2-3-5-18(17)13-22/h2-5,14-16H,6-13H2,1H3. The maximum Gasteiger partial charge on any atom is 0.262 e. The number of hydrogen-bond acceptors (Lipinski definition) is 4. The van der Waals surface area contributed by atoms with Crippen LogP contribution in [0.2, 0.25) is 0 Å². The van der Waals surface area contributed by atoms with Crippen molar-refractivity contribution in [3.8, 4) is 0 Å². The number of hydrogen-bond donors (Lipinski definition) is 0. The van der Waals surface area contributed by atoms with Crippen LogP contribution in [0.5, 0.6) is 0 Å². The lowest BCUT2D eigenvalue weighted by atomic mass is 9.94. The number of sulfonamides is 1. The molecule has 0 N–H and O–H groups in total. The fourth-order valence-corrected chi connectivity index (χ4v) is 5.50. The Morgan fingerprint density at radius 3 is 2.54 bits per heavy atom. The van der Waals surface area contributed by atoms with Gasteiger partial charge in [-0.2, -0.15) is 4.31 Å². The second-order valence-electron chi connectivity index (χ2n) is 7.48. The summed E-state index contributed by atoms with van der Waals surface area (Å²) in [5, 5.41) is 0.158. The lowest BCUT2D eigenvalue weighted by Gasteiger charge is -2.35. The van der Waals surface area contributed by atoms with Gasteiger partial charge in [-0.25, -0.2) is 13.4 Å². The summed E-state index contributed by atoms with van der Waals surface area (Å²) in [4.78, 5) is 6.55. The smallest absolute Gasteiger partial charge is 0.262 e. The zero-order valence-corrected chi connectivity index (χ0v) is 16.0. The lowest BCUT2D eigenvalue weighted by Crippen LogP contribution is -2.42. The van der Waals surface area contributed by atoms with E-state index in [2.05, 4.69) is 34.1 Å². The monoisotopic (exact) mass is 374 g/mol. The second kappa shape index (κ2) is 7.13. The molecule has 4 rings (SSSR count). The van der Waals surface area contributed by atoms with Crippen LogP contribution in [-0.4, -0.2) is 53.4 Å². The third kappa shape index (κ3) is 3.56. The van der Waals surface area contributed by atoms with Gasteiger partial charge in [-0.05, 0) is 36.3 Å². The van der Waals surface area contributed by atoms with Gasteiger partial charge in [0.1, 0.15) is 0 Å². The van der Waals surface area contributed by atoms with E-state index in [0.717, 1.165) is 38.9 Å². The summed E-state index contributed by atoms with van der Waals surface area (Å²) in [5.74, 6) is 0.565. The molecule has 6 nitrogen and oxygen atoms in total. The number of aryl methyl sites for hydroxylation is 1. The molecule has 0 unspecified atom stereocenters. The molecule has 1 aromatic carbocycles. The molecule has 0 spiro atoms. The summed E-state index contributed by atoms with van der Waals surface area (Å²) in [6, 6.07) is 8.69. The van der Waals surface area contributed by atoms with Crippen molar-refractivity contribution < 1.29 is 8.42 Å². The van der Waals surface area contributed by atoms with Crippen LogP contribution in [0.25, 0.3) is 0 Å². The highest BCUT2D eigenvalue weighted by molar-refractivity contribution is 7.89. The van der Waals surface area contributed by atoms with Gasteiger partial charge in [0.2, 0.25) is 0 Å². The first kappa shape index (κ1) is 17.7. The normalized spacial score (nSPS) is 20.2. The van der Waals surface area contributed by atoms with E-state index in [4.69, 9.17) is 0 Å². The summed E-state index contributed by atoms with van der Waals surface area (Å²) in [6.45, 7) is 4.36. The summed E-state index contributed by atoms with van der Waals surface area (Å²) in [7, 11) is -1.66. The summed E-state index contributed by atoms with van der Waals surface area (Å²) in [6.07, 6.45) is 6.07. The van der Waals surface area contributed by atoms with Gasteiger partial charge >= 0.3 is 0 Å². The molecule has 1 saturated heterocycles. The van der Waals surface area contributed by atoms with Gasteiger partial charge < -0.3 is 4.57 Å². The van der Waals surface area contributed by atoms with Crippen LogP contribution in [0.1, 0.15) is 24.0 Å². The van der Waals surface area contributed by atoms with E-state index in [0.29, 0.717) is 19.0 Å². The van der Waals surface area contributed by atoms with Crippen molar-refractivity contribution in [3.63, 3.8) is 0 Å². The van der Waals surface area contributed by atoms with E-state index in [1.807, 2.05) is 0 Å². The number of piperidine rings is 1. The van der Waals surface area contributed by atoms with Gasteiger partial charge in [-0.3, -0.25) is 4.90 Å².